The van der Waals surface area contributed by atoms with Crippen LogP contribution in [0.1, 0.15) is 18.6 Å². The molecule has 0 fully saturated rings. The van der Waals surface area contributed by atoms with Gasteiger partial charge in [0.25, 0.3) is 0 Å². The second kappa shape index (κ2) is 6.04. The molecule has 4 heteroatoms. The Morgan fingerprint density at radius 2 is 1.89 bits per heavy atom. The standard InChI is InChI=1S/C14H12BrIO2/c1-9(17)13-6-5-12(8-14(13)15)18-11-4-2-3-10(16)7-11/h2-9,17H,1H3. The fourth-order valence-corrected chi connectivity index (χ4v) is 2.78. The van der Waals surface area contributed by atoms with Gasteiger partial charge in [0.05, 0.1) is 6.10 Å². The van der Waals surface area contributed by atoms with Crippen molar-refractivity contribution in [3.05, 3.63) is 56.1 Å². The van der Waals surface area contributed by atoms with Gasteiger partial charge in [-0.25, -0.2) is 0 Å². The Balaban J connectivity index is 2.23. The molecule has 2 rings (SSSR count). The summed E-state index contributed by atoms with van der Waals surface area (Å²) in [6, 6.07) is 13.4. The summed E-state index contributed by atoms with van der Waals surface area (Å²) in [5, 5.41) is 9.55. The Bertz CT molecular complexity index is 555. The number of ether oxygens (including phenoxy) is 1. The fraction of sp³-hybridized carbons (Fsp3) is 0.143. The molecule has 0 aliphatic heterocycles. The van der Waals surface area contributed by atoms with Crippen LogP contribution in [-0.2, 0) is 0 Å². The third kappa shape index (κ3) is 3.46. The zero-order valence-corrected chi connectivity index (χ0v) is 13.5. The van der Waals surface area contributed by atoms with E-state index in [0.29, 0.717) is 0 Å². The minimum atomic E-state index is -0.494. The molecule has 2 aromatic carbocycles. The molecule has 0 aliphatic carbocycles. The van der Waals surface area contributed by atoms with Gasteiger partial charge in [-0.15, -0.1) is 0 Å². The topological polar surface area (TPSA) is 29.5 Å². The monoisotopic (exact) mass is 418 g/mol. The minimum absolute atomic E-state index is 0.494. The second-order valence-electron chi connectivity index (χ2n) is 3.92. The number of benzene rings is 2. The number of halogens is 2. The van der Waals surface area contributed by atoms with Crippen molar-refractivity contribution in [2.75, 3.05) is 0 Å². The average Bonchev–Trinajstić information content (AvgIpc) is 2.28. The third-order valence-electron chi connectivity index (χ3n) is 2.45. The molecule has 2 nitrogen and oxygen atoms in total. The van der Waals surface area contributed by atoms with E-state index < -0.39 is 6.10 Å². The lowest BCUT2D eigenvalue weighted by molar-refractivity contribution is 0.198. The summed E-state index contributed by atoms with van der Waals surface area (Å²) >= 11 is 5.68. The zero-order chi connectivity index (χ0) is 13.1. The van der Waals surface area contributed by atoms with Crippen LogP contribution in [0.15, 0.2) is 46.9 Å². The highest BCUT2D eigenvalue weighted by molar-refractivity contribution is 14.1. The molecule has 0 aliphatic rings. The van der Waals surface area contributed by atoms with E-state index in [9.17, 15) is 5.11 Å². The van der Waals surface area contributed by atoms with Gasteiger partial charge in [-0.1, -0.05) is 28.1 Å². The van der Waals surface area contributed by atoms with E-state index in [-0.39, 0.29) is 0 Å². The van der Waals surface area contributed by atoms with Crippen LogP contribution in [0.3, 0.4) is 0 Å². The van der Waals surface area contributed by atoms with E-state index in [2.05, 4.69) is 38.5 Å². The number of rotatable bonds is 3. The smallest absolute Gasteiger partial charge is 0.128 e. The predicted octanol–water partition coefficient (Wildman–Crippen LogP) is 4.90. The summed E-state index contributed by atoms with van der Waals surface area (Å²) in [5.74, 6) is 1.55. The first kappa shape index (κ1) is 13.8. The van der Waals surface area contributed by atoms with E-state index in [1.807, 2.05) is 42.5 Å². The first-order valence-corrected chi connectivity index (χ1v) is 7.34. The predicted molar refractivity (Wildman–Crippen MR) is 84.0 cm³/mol. The molecule has 94 valence electrons. The van der Waals surface area contributed by atoms with Crippen molar-refractivity contribution < 1.29 is 9.84 Å². The average molecular weight is 419 g/mol. The zero-order valence-electron chi connectivity index (χ0n) is 9.73. The van der Waals surface area contributed by atoms with E-state index >= 15 is 0 Å². The van der Waals surface area contributed by atoms with E-state index in [4.69, 9.17) is 4.74 Å². The fourth-order valence-electron chi connectivity index (χ4n) is 1.58. The molecule has 1 N–H and O–H groups in total. The molecular weight excluding hydrogens is 407 g/mol. The van der Waals surface area contributed by atoms with Gasteiger partial charge in [-0.3, -0.25) is 0 Å². The Labute approximate surface area is 128 Å². The quantitative estimate of drug-likeness (QED) is 0.718. The summed E-state index contributed by atoms with van der Waals surface area (Å²) < 4.78 is 7.74. The van der Waals surface area contributed by atoms with Crippen LogP contribution < -0.4 is 4.74 Å². The molecule has 0 bridgehead atoms. The Morgan fingerprint density at radius 1 is 1.17 bits per heavy atom. The first-order chi connectivity index (χ1) is 8.56. The summed E-state index contributed by atoms with van der Waals surface area (Å²) in [7, 11) is 0. The van der Waals surface area contributed by atoms with Gasteiger partial charge in [0, 0.05) is 8.04 Å². The van der Waals surface area contributed by atoms with Crippen molar-refractivity contribution in [1.29, 1.82) is 0 Å². The number of hydrogen-bond donors (Lipinski definition) is 1. The van der Waals surface area contributed by atoms with Gasteiger partial charge >= 0.3 is 0 Å². The Hall–Kier alpha value is -0.590. The van der Waals surface area contributed by atoms with Crippen molar-refractivity contribution in [2.24, 2.45) is 0 Å². The Morgan fingerprint density at radius 3 is 2.50 bits per heavy atom. The molecule has 18 heavy (non-hydrogen) atoms. The van der Waals surface area contributed by atoms with Crippen LogP contribution in [0.25, 0.3) is 0 Å². The van der Waals surface area contributed by atoms with Crippen LogP contribution in [0, 0.1) is 3.57 Å². The number of hydrogen-bond acceptors (Lipinski definition) is 2. The third-order valence-corrected chi connectivity index (χ3v) is 3.81. The molecule has 1 atom stereocenters. The van der Waals surface area contributed by atoms with Gasteiger partial charge < -0.3 is 9.84 Å². The maximum atomic E-state index is 9.55. The van der Waals surface area contributed by atoms with Crippen molar-refractivity contribution in [1.82, 2.24) is 0 Å². The SMILES string of the molecule is CC(O)c1ccc(Oc2cccc(I)c2)cc1Br. The van der Waals surface area contributed by atoms with Crippen molar-refractivity contribution in [2.45, 2.75) is 13.0 Å². The lowest BCUT2D eigenvalue weighted by atomic mass is 10.1. The lowest BCUT2D eigenvalue weighted by Gasteiger charge is -2.11. The lowest BCUT2D eigenvalue weighted by Crippen LogP contribution is -1.93. The van der Waals surface area contributed by atoms with Crippen LogP contribution in [0.4, 0.5) is 0 Å². The molecule has 1 unspecified atom stereocenters. The molecule has 0 aromatic heterocycles. The molecule has 2 aromatic rings. The molecule has 0 saturated heterocycles. The van der Waals surface area contributed by atoms with E-state index in [1.165, 1.54) is 0 Å². The van der Waals surface area contributed by atoms with Gasteiger partial charge in [0.15, 0.2) is 0 Å². The molecule has 0 spiro atoms. The van der Waals surface area contributed by atoms with Gasteiger partial charge in [-0.2, -0.15) is 0 Å². The summed E-state index contributed by atoms with van der Waals surface area (Å²) in [6.07, 6.45) is -0.494. The molecule has 0 heterocycles. The summed E-state index contributed by atoms with van der Waals surface area (Å²) in [6.45, 7) is 1.74. The minimum Gasteiger partial charge on any atom is -0.457 e. The highest BCUT2D eigenvalue weighted by atomic mass is 127. The van der Waals surface area contributed by atoms with Crippen LogP contribution in [-0.4, -0.2) is 5.11 Å². The summed E-state index contributed by atoms with van der Waals surface area (Å²) in [5.41, 5.74) is 0.852. The van der Waals surface area contributed by atoms with Gasteiger partial charge in [-0.05, 0) is 65.4 Å². The highest BCUT2D eigenvalue weighted by Gasteiger charge is 2.07. The van der Waals surface area contributed by atoms with Crippen molar-refractivity contribution >= 4 is 38.5 Å². The van der Waals surface area contributed by atoms with E-state index in [0.717, 1.165) is 25.1 Å². The van der Waals surface area contributed by atoms with Crippen LogP contribution in [0.5, 0.6) is 11.5 Å². The molecule has 0 radical (unpaired) electrons. The molecular formula is C14H12BrIO2. The highest BCUT2D eigenvalue weighted by Crippen LogP contribution is 2.30. The second-order valence-corrected chi connectivity index (χ2v) is 6.02. The number of aliphatic hydroxyl groups is 1. The van der Waals surface area contributed by atoms with Gasteiger partial charge in [0.1, 0.15) is 11.5 Å². The first-order valence-electron chi connectivity index (χ1n) is 5.47. The van der Waals surface area contributed by atoms with Crippen molar-refractivity contribution in [3.8, 4) is 11.5 Å². The Kier molecular flexibility index (Phi) is 4.64. The largest absolute Gasteiger partial charge is 0.457 e. The maximum Gasteiger partial charge on any atom is 0.128 e. The maximum absolute atomic E-state index is 9.55. The van der Waals surface area contributed by atoms with Crippen LogP contribution in [0.2, 0.25) is 0 Å². The summed E-state index contributed by atoms with van der Waals surface area (Å²) in [4.78, 5) is 0. The van der Waals surface area contributed by atoms with E-state index in [1.54, 1.807) is 6.92 Å². The molecule has 0 amide bonds. The van der Waals surface area contributed by atoms with Gasteiger partial charge in [0.2, 0.25) is 0 Å². The normalized spacial score (nSPS) is 12.2. The van der Waals surface area contributed by atoms with Crippen LogP contribution >= 0.6 is 38.5 Å². The number of aliphatic hydroxyl groups excluding tert-OH is 1. The van der Waals surface area contributed by atoms with Crippen molar-refractivity contribution in [3.63, 3.8) is 0 Å². The molecule has 0 saturated carbocycles.